The van der Waals surface area contributed by atoms with E-state index >= 15 is 0 Å². The van der Waals surface area contributed by atoms with E-state index in [0.717, 1.165) is 13.0 Å². The molecule has 19 heavy (non-hydrogen) atoms. The van der Waals surface area contributed by atoms with Gasteiger partial charge < -0.3 is 20.1 Å². The summed E-state index contributed by atoms with van der Waals surface area (Å²) in [5.41, 5.74) is 0. The fourth-order valence-corrected chi connectivity index (χ4v) is 2.94. The highest BCUT2D eigenvalue weighted by molar-refractivity contribution is 5.80. The Morgan fingerprint density at radius 3 is 2.89 bits per heavy atom. The number of rotatable bonds is 5. The monoisotopic (exact) mass is 270 g/mol. The molecular formula is C13H22N2O4. The standard InChI is InChI=1S/C13H22N2O4/c1-2-14-11-8-19-7-10(11)13(18)15-4-3-9(6-15)5-12(16)17/h9-11,14H,2-8H2,1H3,(H,16,17). The molecule has 0 aromatic heterocycles. The summed E-state index contributed by atoms with van der Waals surface area (Å²) in [4.78, 5) is 24.9. The van der Waals surface area contributed by atoms with Crippen LogP contribution in [0.1, 0.15) is 19.8 Å². The largest absolute Gasteiger partial charge is 0.481 e. The van der Waals surface area contributed by atoms with Crippen LogP contribution in [0.15, 0.2) is 0 Å². The second-order valence-corrected chi connectivity index (χ2v) is 5.34. The third kappa shape index (κ3) is 3.45. The number of nitrogens with zero attached hydrogens (tertiary/aromatic N) is 1. The smallest absolute Gasteiger partial charge is 0.303 e. The van der Waals surface area contributed by atoms with Crippen LogP contribution in [0.25, 0.3) is 0 Å². The number of carboxylic acid groups (broad SMARTS) is 1. The number of carbonyl (C=O) groups is 2. The number of aliphatic carboxylic acids is 1. The van der Waals surface area contributed by atoms with Gasteiger partial charge >= 0.3 is 5.97 Å². The Morgan fingerprint density at radius 2 is 2.21 bits per heavy atom. The predicted molar refractivity (Wildman–Crippen MR) is 68.7 cm³/mol. The molecule has 2 N–H and O–H groups in total. The molecule has 2 heterocycles. The molecule has 0 bridgehead atoms. The Kier molecular flexibility index (Phi) is 4.76. The summed E-state index contributed by atoms with van der Waals surface area (Å²) in [7, 11) is 0. The second kappa shape index (κ2) is 6.34. The normalized spacial score (nSPS) is 30.8. The summed E-state index contributed by atoms with van der Waals surface area (Å²) < 4.78 is 5.39. The zero-order valence-corrected chi connectivity index (χ0v) is 11.3. The molecule has 2 saturated heterocycles. The van der Waals surface area contributed by atoms with Gasteiger partial charge in [0.15, 0.2) is 0 Å². The third-order valence-corrected chi connectivity index (χ3v) is 3.92. The van der Waals surface area contributed by atoms with E-state index in [1.54, 1.807) is 4.90 Å². The SMILES string of the molecule is CCNC1COCC1C(=O)N1CCC(CC(=O)O)C1. The molecule has 0 saturated carbocycles. The van der Waals surface area contributed by atoms with E-state index in [0.29, 0.717) is 26.3 Å². The Morgan fingerprint density at radius 1 is 1.42 bits per heavy atom. The van der Waals surface area contributed by atoms with Gasteiger partial charge in [-0.1, -0.05) is 6.92 Å². The molecule has 3 unspecified atom stereocenters. The van der Waals surface area contributed by atoms with Gasteiger partial charge in [0.25, 0.3) is 0 Å². The quantitative estimate of drug-likeness (QED) is 0.731. The van der Waals surface area contributed by atoms with Crippen molar-refractivity contribution in [3.8, 4) is 0 Å². The number of likely N-dealkylation sites (tertiary alicyclic amines) is 1. The van der Waals surface area contributed by atoms with Gasteiger partial charge in [0.2, 0.25) is 5.91 Å². The maximum Gasteiger partial charge on any atom is 0.303 e. The number of amides is 1. The van der Waals surface area contributed by atoms with Crippen LogP contribution in [0.2, 0.25) is 0 Å². The van der Waals surface area contributed by atoms with Gasteiger partial charge in [0.05, 0.1) is 19.1 Å². The summed E-state index contributed by atoms with van der Waals surface area (Å²) in [6, 6.07) is 0.0935. The molecule has 2 aliphatic rings. The number of ether oxygens (including phenoxy) is 1. The highest BCUT2D eigenvalue weighted by Gasteiger charge is 2.38. The van der Waals surface area contributed by atoms with Crippen LogP contribution in [-0.4, -0.2) is 60.8 Å². The van der Waals surface area contributed by atoms with Crippen LogP contribution >= 0.6 is 0 Å². The van der Waals surface area contributed by atoms with Crippen molar-refractivity contribution in [2.24, 2.45) is 11.8 Å². The Labute approximate surface area is 113 Å². The van der Waals surface area contributed by atoms with Crippen molar-refractivity contribution in [3.05, 3.63) is 0 Å². The molecule has 2 aliphatic heterocycles. The highest BCUT2D eigenvalue weighted by Crippen LogP contribution is 2.24. The fourth-order valence-electron chi connectivity index (χ4n) is 2.94. The van der Waals surface area contributed by atoms with E-state index in [-0.39, 0.29) is 30.2 Å². The van der Waals surface area contributed by atoms with Gasteiger partial charge in [-0.05, 0) is 18.9 Å². The topological polar surface area (TPSA) is 78.9 Å². The number of likely N-dealkylation sites (N-methyl/N-ethyl adjacent to an activating group) is 1. The number of hydrogen-bond acceptors (Lipinski definition) is 4. The summed E-state index contributed by atoms with van der Waals surface area (Å²) in [5, 5.41) is 12.1. The first-order valence-electron chi connectivity index (χ1n) is 6.93. The van der Waals surface area contributed by atoms with E-state index in [1.165, 1.54) is 0 Å². The first-order valence-corrected chi connectivity index (χ1v) is 6.93. The van der Waals surface area contributed by atoms with Gasteiger partial charge in [0.1, 0.15) is 0 Å². The van der Waals surface area contributed by atoms with Crippen molar-refractivity contribution in [2.45, 2.75) is 25.8 Å². The van der Waals surface area contributed by atoms with Gasteiger partial charge in [-0.15, -0.1) is 0 Å². The maximum absolute atomic E-state index is 12.4. The molecule has 6 heteroatoms. The minimum atomic E-state index is -0.783. The van der Waals surface area contributed by atoms with Crippen LogP contribution in [0.5, 0.6) is 0 Å². The lowest BCUT2D eigenvalue weighted by molar-refractivity contribution is -0.139. The average Bonchev–Trinajstić information content (AvgIpc) is 2.97. The van der Waals surface area contributed by atoms with E-state index < -0.39 is 5.97 Å². The number of hydrogen-bond donors (Lipinski definition) is 2. The highest BCUT2D eigenvalue weighted by atomic mass is 16.5. The molecule has 6 nitrogen and oxygen atoms in total. The van der Waals surface area contributed by atoms with Crippen molar-refractivity contribution in [1.82, 2.24) is 10.2 Å². The number of carbonyl (C=O) groups excluding carboxylic acids is 1. The summed E-state index contributed by atoms with van der Waals surface area (Å²) in [6.45, 7) is 5.12. The van der Waals surface area contributed by atoms with Crippen molar-refractivity contribution in [1.29, 1.82) is 0 Å². The molecule has 2 rings (SSSR count). The molecule has 0 aromatic rings. The average molecular weight is 270 g/mol. The van der Waals surface area contributed by atoms with Crippen LogP contribution in [0, 0.1) is 11.8 Å². The van der Waals surface area contributed by atoms with Crippen LogP contribution in [0.3, 0.4) is 0 Å². The lowest BCUT2D eigenvalue weighted by Crippen LogP contribution is -2.45. The third-order valence-electron chi connectivity index (χ3n) is 3.92. The molecule has 0 radical (unpaired) electrons. The Hall–Kier alpha value is -1.14. The van der Waals surface area contributed by atoms with E-state index in [1.807, 2.05) is 6.92 Å². The van der Waals surface area contributed by atoms with Crippen LogP contribution < -0.4 is 5.32 Å². The minimum Gasteiger partial charge on any atom is -0.481 e. The van der Waals surface area contributed by atoms with Gasteiger partial charge in [-0.3, -0.25) is 9.59 Å². The number of carboxylic acids is 1. The molecule has 0 aromatic carbocycles. The minimum absolute atomic E-state index is 0.0935. The predicted octanol–water partition coefficient (Wildman–Crippen LogP) is -0.0659. The number of nitrogens with one attached hydrogen (secondary N) is 1. The Bertz CT molecular complexity index is 348. The summed E-state index contributed by atoms with van der Waals surface area (Å²) >= 11 is 0. The van der Waals surface area contributed by atoms with Crippen molar-refractivity contribution >= 4 is 11.9 Å². The van der Waals surface area contributed by atoms with Gasteiger partial charge in [0, 0.05) is 25.6 Å². The molecule has 1 amide bonds. The van der Waals surface area contributed by atoms with Crippen LogP contribution in [0.4, 0.5) is 0 Å². The fraction of sp³-hybridized carbons (Fsp3) is 0.846. The van der Waals surface area contributed by atoms with Crippen molar-refractivity contribution in [3.63, 3.8) is 0 Å². The first-order chi connectivity index (χ1) is 9.11. The first kappa shape index (κ1) is 14.3. The van der Waals surface area contributed by atoms with E-state index in [4.69, 9.17) is 9.84 Å². The molecule has 0 aliphatic carbocycles. The molecular weight excluding hydrogens is 248 g/mol. The van der Waals surface area contributed by atoms with Crippen molar-refractivity contribution in [2.75, 3.05) is 32.8 Å². The van der Waals surface area contributed by atoms with E-state index in [2.05, 4.69) is 5.32 Å². The second-order valence-electron chi connectivity index (χ2n) is 5.34. The van der Waals surface area contributed by atoms with E-state index in [9.17, 15) is 9.59 Å². The van der Waals surface area contributed by atoms with Crippen molar-refractivity contribution < 1.29 is 19.4 Å². The molecule has 2 fully saturated rings. The molecule has 3 atom stereocenters. The molecule has 0 spiro atoms. The Balaban J connectivity index is 1.88. The maximum atomic E-state index is 12.4. The zero-order valence-electron chi connectivity index (χ0n) is 11.3. The summed E-state index contributed by atoms with van der Waals surface area (Å²) in [5.74, 6) is -0.699. The zero-order chi connectivity index (χ0) is 13.8. The lowest BCUT2D eigenvalue weighted by Gasteiger charge is -2.24. The lowest BCUT2D eigenvalue weighted by atomic mass is 10.0. The summed E-state index contributed by atoms with van der Waals surface area (Å²) in [6.07, 6.45) is 0.944. The van der Waals surface area contributed by atoms with Gasteiger partial charge in [-0.25, -0.2) is 0 Å². The van der Waals surface area contributed by atoms with Gasteiger partial charge in [-0.2, -0.15) is 0 Å². The van der Waals surface area contributed by atoms with Crippen LogP contribution in [-0.2, 0) is 14.3 Å². The molecule has 108 valence electrons.